The van der Waals surface area contributed by atoms with E-state index in [1.54, 1.807) is 30.7 Å². The molecule has 1 amide bonds. The molecule has 0 saturated heterocycles. The predicted molar refractivity (Wildman–Crippen MR) is 114 cm³/mol. The second kappa shape index (κ2) is 9.98. The summed E-state index contributed by atoms with van der Waals surface area (Å²) >= 11 is 0. The van der Waals surface area contributed by atoms with Crippen LogP contribution >= 0.6 is 0 Å². The van der Waals surface area contributed by atoms with E-state index in [1.807, 2.05) is 37.3 Å². The standard InChI is InChI=1S/C22H27N3O5/c1-4-5-10-25-16-9-7-6-8-14(16)11-17(25)21(28)24-19(13(2)3)20(27)15(12-26)18(23)22(29)30/h5-13,15,18-19H,4,23H2,1-3H3,(H,24,28)(H,29,30)/t15-,18?,19?/m1/s1. The molecule has 0 aliphatic heterocycles. The summed E-state index contributed by atoms with van der Waals surface area (Å²) in [4.78, 5) is 48.5. The van der Waals surface area contributed by atoms with Crippen molar-refractivity contribution in [3.05, 3.63) is 42.1 Å². The smallest absolute Gasteiger partial charge is 0.321 e. The number of nitrogens with one attached hydrogen (secondary N) is 1. The van der Waals surface area contributed by atoms with Gasteiger partial charge in [0.15, 0.2) is 5.78 Å². The number of carbonyl (C=O) groups excluding carboxylic acids is 3. The van der Waals surface area contributed by atoms with E-state index in [0.717, 1.165) is 17.3 Å². The van der Waals surface area contributed by atoms with E-state index >= 15 is 0 Å². The number of nitrogens with two attached hydrogens (primary N) is 1. The second-order valence-electron chi connectivity index (χ2n) is 7.37. The molecule has 8 nitrogen and oxygen atoms in total. The molecule has 0 fully saturated rings. The summed E-state index contributed by atoms with van der Waals surface area (Å²) in [6, 6.07) is 6.45. The van der Waals surface area contributed by atoms with Crippen LogP contribution < -0.4 is 11.1 Å². The molecule has 0 radical (unpaired) electrons. The molecule has 1 aromatic heterocycles. The molecule has 0 saturated carbocycles. The minimum Gasteiger partial charge on any atom is -0.480 e. The molecule has 2 unspecified atom stereocenters. The number of aromatic nitrogens is 1. The first-order valence-corrected chi connectivity index (χ1v) is 9.77. The zero-order valence-corrected chi connectivity index (χ0v) is 17.2. The van der Waals surface area contributed by atoms with Crippen molar-refractivity contribution in [3.8, 4) is 0 Å². The Bertz CT molecular complexity index is 976. The quantitative estimate of drug-likeness (QED) is 0.404. The number of para-hydroxylation sites is 1. The molecule has 4 N–H and O–H groups in total. The van der Waals surface area contributed by atoms with Gasteiger partial charge in [0.25, 0.3) is 5.91 Å². The minimum atomic E-state index is -1.67. The highest BCUT2D eigenvalue weighted by atomic mass is 16.4. The number of benzene rings is 1. The molecule has 160 valence electrons. The van der Waals surface area contributed by atoms with Crippen molar-refractivity contribution in [1.82, 2.24) is 9.88 Å². The monoisotopic (exact) mass is 413 g/mol. The molecular weight excluding hydrogens is 386 g/mol. The number of aldehydes is 1. The van der Waals surface area contributed by atoms with Gasteiger partial charge in [-0.15, -0.1) is 0 Å². The normalized spacial score (nSPS) is 14.6. The number of amides is 1. The number of ketones is 1. The lowest BCUT2D eigenvalue weighted by Crippen LogP contribution is -2.53. The van der Waals surface area contributed by atoms with Gasteiger partial charge in [-0.3, -0.25) is 14.4 Å². The zero-order chi connectivity index (χ0) is 22.4. The van der Waals surface area contributed by atoms with E-state index < -0.39 is 35.7 Å². The Morgan fingerprint density at radius 3 is 2.47 bits per heavy atom. The average molecular weight is 413 g/mol. The largest absolute Gasteiger partial charge is 0.480 e. The van der Waals surface area contributed by atoms with Gasteiger partial charge in [0, 0.05) is 11.6 Å². The van der Waals surface area contributed by atoms with Crippen molar-refractivity contribution in [2.24, 2.45) is 17.6 Å². The summed E-state index contributed by atoms with van der Waals surface area (Å²) < 4.78 is 1.73. The highest BCUT2D eigenvalue weighted by Crippen LogP contribution is 2.21. The maximum Gasteiger partial charge on any atom is 0.321 e. The van der Waals surface area contributed by atoms with E-state index in [0.29, 0.717) is 5.69 Å². The number of rotatable bonds is 10. The predicted octanol–water partition coefficient (Wildman–Crippen LogP) is 2.07. The lowest BCUT2D eigenvalue weighted by atomic mass is 9.87. The minimum absolute atomic E-state index is 0.226. The number of hydrogen-bond donors (Lipinski definition) is 3. The number of Topliss-reactive ketones (excluding diaryl/α,β-unsaturated/α-hetero) is 1. The summed E-state index contributed by atoms with van der Waals surface area (Å²) in [5, 5.41) is 12.6. The van der Waals surface area contributed by atoms with Gasteiger partial charge in [-0.25, -0.2) is 0 Å². The van der Waals surface area contributed by atoms with Crippen molar-refractivity contribution >= 4 is 41.0 Å². The second-order valence-corrected chi connectivity index (χ2v) is 7.37. The van der Waals surface area contributed by atoms with Gasteiger partial charge in [-0.05, 0) is 24.5 Å². The molecule has 3 atom stereocenters. The van der Waals surface area contributed by atoms with Crippen molar-refractivity contribution in [3.63, 3.8) is 0 Å². The molecule has 1 aromatic carbocycles. The number of aliphatic carboxylic acids is 1. The third-order valence-corrected chi connectivity index (χ3v) is 4.88. The van der Waals surface area contributed by atoms with Gasteiger partial charge < -0.3 is 25.5 Å². The van der Waals surface area contributed by atoms with Crippen LogP contribution in [0.15, 0.2) is 36.4 Å². The van der Waals surface area contributed by atoms with Crippen LogP contribution in [0.5, 0.6) is 0 Å². The number of allylic oxidation sites excluding steroid dienone is 1. The molecule has 2 rings (SSSR count). The maximum absolute atomic E-state index is 13.1. The Balaban J connectivity index is 2.40. The lowest BCUT2D eigenvalue weighted by molar-refractivity contribution is -0.144. The molecule has 2 aromatic rings. The fourth-order valence-electron chi connectivity index (χ4n) is 3.19. The molecule has 0 aliphatic rings. The number of carboxylic acid groups (broad SMARTS) is 1. The van der Waals surface area contributed by atoms with Crippen molar-refractivity contribution in [2.45, 2.75) is 39.3 Å². The average Bonchev–Trinajstić information content (AvgIpc) is 3.08. The van der Waals surface area contributed by atoms with Gasteiger partial charge in [-0.1, -0.05) is 45.0 Å². The van der Waals surface area contributed by atoms with Gasteiger partial charge in [0.05, 0.1) is 11.6 Å². The van der Waals surface area contributed by atoms with Crippen LogP contribution in [0.25, 0.3) is 17.1 Å². The van der Waals surface area contributed by atoms with Crippen LogP contribution in [0, 0.1) is 11.8 Å². The van der Waals surface area contributed by atoms with Gasteiger partial charge in [-0.2, -0.15) is 0 Å². The molecule has 0 bridgehead atoms. The Labute approximate surface area is 174 Å². The summed E-state index contributed by atoms with van der Waals surface area (Å²) in [7, 11) is 0. The van der Waals surface area contributed by atoms with Gasteiger partial charge >= 0.3 is 5.97 Å². The fraction of sp³-hybridized carbons (Fsp3) is 0.364. The summed E-state index contributed by atoms with van der Waals surface area (Å²) in [5.41, 5.74) is 6.66. The Hall–Kier alpha value is -3.26. The first kappa shape index (κ1) is 23.0. The van der Waals surface area contributed by atoms with Crippen LogP contribution in [0.1, 0.15) is 37.7 Å². The van der Waals surface area contributed by atoms with Crippen molar-refractivity contribution < 1.29 is 24.3 Å². The lowest BCUT2D eigenvalue weighted by Gasteiger charge is -2.25. The molecule has 8 heteroatoms. The number of carboxylic acids is 1. The van der Waals surface area contributed by atoms with E-state index in [-0.39, 0.29) is 12.2 Å². The maximum atomic E-state index is 13.1. The molecule has 1 heterocycles. The topological polar surface area (TPSA) is 131 Å². The van der Waals surface area contributed by atoms with Crippen LogP contribution in [0.4, 0.5) is 0 Å². The first-order chi connectivity index (χ1) is 14.2. The molecular formula is C22H27N3O5. The zero-order valence-electron chi connectivity index (χ0n) is 17.2. The molecule has 0 aliphatic carbocycles. The van der Waals surface area contributed by atoms with E-state index in [2.05, 4.69) is 5.32 Å². The van der Waals surface area contributed by atoms with Gasteiger partial charge in [0.2, 0.25) is 0 Å². The molecule has 30 heavy (non-hydrogen) atoms. The van der Waals surface area contributed by atoms with E-state index in [9.17, 15) is 19.2 Å². The van der Waals surface area contributed by atoms with Crippen LogP contribution in [0.3, 0.4) is 0 Å². The Kier molecular flexibility index (Phi) is 7.66. The highest BCUT2D eigenvalue weighted by Gasteiger charge is 2.37. The van der Waals surface area contributed by atoms with Crippen molar-refractivity contribution in [1.29, 1.82) is 0 Å². The van der Waals surface area contributed by atoms with Crippen molar-refractivity contribution in [2.75, 3.05) is 0 Å². The summed E-state index contributed by atoms with van der Waals surface area (Å²) in [6.07, 6.45) is 4.69. The van der Waals surface area contributed by atoms with E-state index in [4.69, 9.17) is 10.8 Å². The van der Waals surface area contributed by atoms with Gasteiger partial charge in [0.1, 0.15) is 23.9 Å². The van der Waals surface area contributed by atoms with Crippen LogP contribution in [-0.2, 0) is 14.4 Å². The number of fused-ring (bicyclic) bond motifs is 1. The fourth-order valence-corrected chi connectivity index (χ4v) is 3.19. The third kappa shape index (κ3) is 4.83. The van der Waals surface area contributed by atoms with Crippen LogP contribution in [0.2, 0.25) is 0 Å². The SMILES string of the molecule is CCC=Cn1c(C(=O)NC(C(=O)[C@H](C=O)C(N)C(=O)O)C(C)C)cc2ccccc21. The third-order valence-electron chi connectivity index (χ3n) is 4.88. The summed E-state index contributed by atoms with van der Waals surface area (Å²) in [6.45, 7) is 5.37. The Morgan fingerprint density at radius 2 is 1.90 bits per heavy atom. The number of carbonyl (C=O) groups is 4. The first-order valence-electron chi connectivity index (χ1n) is 9.77. The Morgan fingerprint density at radius 1 is 1.23 bits per heavy atom. The number of nitrogens with zero attached hydrogens (tertiary/aromatic N) is 1. The summed E-state index contributed by atoms with van der Waals surface area (Å²) in [5.74, 6) is -4.63. The van der Waals surface area contributed by atoms with Crippen LogP contribution in [-0.4, -0.2) is 45.7 Å². The molecule has 0 spiro atoms. The number of hydrogen-bond acceptors (Lipinski definition) is 5. The highest BCUT2D eigenvalue weighted by molar-refractivity contribution is 6.05. The van der Waals surface area contributed by atoms with E-state index in [1.165, 1.54) is 0 Å².